The van der Waals surface area contributed by atoms with E-state index in [2.05, 4.69) is 37.1 Å². The van der Waals surface area contributed by atoms with Crippen molar-refractivity contribution in [1.29, 1.82) is 0 Å². The SMILES string of the molecule is COc1cc(OC)c2c(NC(C)(C)C)c(C3CCCCC3)[nH]c2c1. The number of aromatic amines is 1. The van der Waals surface area contributed by atoms with E-state index in [1.165, 1.54) is 43.5 Å². The Morgan fingerprint density at radius 2 is 1.75 bits per heavy atom. The Hall–Kier alpha value is -1.84. The number of fused-ring (bicyclic) bond motifs is 1. The van der Waals surface area contributed by atoms with Gasteiger partial charge >= 0.3 is 0 Å². The van der Waals surface area contributed by atoms with Gasteiger partial charge in [-0.2, -0.15) is 0 Å². The molecule has 1 aromatic carbocycles. The zero-order valence-electron chi connectivity index (χ0n) is 15.6. The molecule has 1 heterocycles. The first-order valence-corrected chi connectivity index (χ1v) is 8.98. The molecule has 1 aromatic heterocycles. The van der Waals surface area contributed by atoms with Gasteiger partial charge in [-0.05, 0) is 33.6 Å². The van der Waals surface area contributed by atoms with Crippen LogP contribution in [0.15, 0.2) is 12.1 Å². The van der Waals surface area contributed by atoms with Crippen LogP contribution in [0.2, 0.25) is 0 Å². The van der Waals surface area contributed by atoms with Crippen molar-refractivity contribution in [3.05, 3.63) is 17.8 Å². The first kappa shape index (κ1) is 17.0. The van der Waals surface area contributed by atoms with Gasteiger partial charge in [0.25, 0.3) is 0 Å². The van der Waals surface area contributed by atoms with E-state index >= 15 is 0 Å². The standard InChI is InChI=1S/C20H30N2O2/c1-20(2,3)22-19-17-15(11-14(23-4)12-16(17)24-5)21-18(19)13-9-7-6-8-10-13/h11-13,21-22H,6-10H2,1-5H3. The Balaban J connectivity index is 2.19. The fourth-order valence-electron chi connectivity index (χ4n) is 3.77. The molecule has 0 saturated heterocycles. The summed E-state index contributed by atoms with van der Waals surface area (Å²) in [6.07, 6.45) is 6.50. The van der Waals surface area contributed by atoms with Gasteiger partial charge in [0.15, 0.2) is 0 Å². The summed E-state index contributed by atoms with van der Waals surface area (Å²) in [6.45, 7) is 6.60. The average Bonchev–Trinajstić information content (AvgIpc) is 2.91. The minimum atomic E-state index is -0.0104. The molecule has 0 bridgehead atoms. The maximum absolute atomic E-state index is 5.69. The average molecular weight is 330 g/mol. The largest absolute Gasteiger partial charge is 0.497 e. The second-order valence-electron chi connectivity index (χ2n) is 7.88. The first-order valence-electron chi connectivity index (χ1n) is 8.98. The Kier molecular flexibility index (Phi) is 4.66. The maximum atomic E-state index is 5.69. The molecule has 0 aliphatic heterocycles. The van der Waals surface area contributed by atoms with E-state index < -0.39 is 0 Å². The van der Waals surface area contributed by atoms with Crippen molar-refractivity contribution in [1.82, 2.24) is 4.98 Å². The summed E-state index contributed by atoms with van der Waals surface area (Å²) in [7, 11) is 3.42. The summed E-state index contributed by atoms with van der Waals surface area (Å²) in [5.41, 5.74) is 3.59. The van der Waals surface area contributed by atoms with E-state index in [0.717, 1.165) is 22.4 Å². The monoisotopic (exact) mass is 330 g/mol. The summed E-state index contributed by atoms with van der Waals surface area (Å²) in [5.74, 6) is 2.26. The number of anilines is 1. The number of rotatable bonds is 4. The fourth-order valence-corrected chi connectivity index (χ4v) is 3.77. The lowest BCUT2D eigenvalue weighted by molar-refractivity contribution is 0.398. The second kappa shape index (κ2) is 6.58. The van der Waals surface area contributed by atoms with Crippen LogP contribution in [-0.2, 0) is 0 Å². The molecule has 1 saturated carbocycles. The molecule has 0 atom stereocenters. The minimum Gasteiger partial charge on any atom is -0.497 e. The third kappa shape index (κ3) is 3.33. The highest BCUT2D eigenvalue weighted by Crippen LogP contribution is 2.45. The number of benzene rings is 1. The number of aromatic nitrogens is 1. The Bertz CT molecular complexity index is 706. The zero-order valence-corrected chi connectivity index (χ0v) is 15.6. The maximum Gasteiger partial charge on any atom is 0.134 e. The highest BCUT2D eigenvalue weighted by molar-refractivity contribution is 6.00. The number of hydrogen-bond acceptors (Lipinski definition) is 3. The molecule has 0 spiro atoms. The van der Waals surface area contributed by atoms with Gasteiger partial charge in [0.2, 0.25) is 0 Å². The van der Waals surface area contributed by atoms with E-state index in [-0.39, 0.29) is 5.54 Å². The van der Waals surface area contributed by atoms with Crippen LogP contribution in [0, 0.1) is 0 Å². The van der Waals surface area contributed by atoms with Gasteiger partial charge in [0, 0.05) is 29.3 Å². The van der Waals surface area contributed by atoms with Crippen molar-refractivity contribution in [2.24, 2.45) is 0 Å². The van der Waals surface area contributed by atoms with Gasteiger partial charge < -0.3 is 19.8 Å². The van der Waals surface area contributed by atoms with Crippen LogP contribution in [0.3, 0.4) is 0 Å². The van der Waals surface area contributed by atoms with E-state index in [1.54, 1.807) is 14.2 Å². The van der Waals surface area contributed by atoms with Gasteiger partial charge in [-0.25, -0.2) is 0 Å². The Morgan fingerprint density at radius 3 is 2.33 bits per heavy atom. The van der Waals surface area contributed by atoms with Crippen LogP contribution in [0.4, 0.5) is 5.69 Å². The summed E-state index contributed by atoms with van der Waals surface area (Å²) >= 11 is 0. The van der Waals surface area contributed by atoms with Crippen LogP contribution in [0.1, 0.15) is 64.5 Å². The number of ether oxygens (including phenoxy) is 2. The second-order valence-corrected chi connectivity index (χ2v) is 7.88. The molecule has 1 fully saturated rings. The van der Waals surface area contributed by atoms with E-state index in [4.69, 9.17) is 9.47 Å². The van der Waals surface area contributed by atoms with Crippen molar-refractivity contribution in [3.63, 3.8) is 0 Å². The van der Waals surface area contributed by atoms with E-state index in [0.29, 0.717) is 5.92 Å². The number of nitrogens with one attached hydrogen (secondary N) is 2. The topological polar surface area (TPSA) is 46.3 Å². The van der Waals surface area contributed by atoms with E-state index in [9.17, 15) is 0 Å². The molecule has 1 aliphatic carbocycles. The van der Waals surface area contributed by atoms with Crippen LogP contribution in [0.5, 0.6) is 11.5 Å². The zero-order chi connectivity index (χ0) is 17.3. The Labute approximate surface area is 144 Å². The van der Waals surface area contributed by atoms with Gasteiger partial charge in [-0.3, -0.25) is 0 Å². The van der Waals surface area contributed by atoms with Gasteiger partial charge in [-0.15, -0.1) is 0 Å². The summed E-state index contributed by atoms with van der Waals surface area (Å²) in [5, 5.41) is 4.86. The van der Waals surface area contributed by atoms with Crippen molar-refractivity contribution >= 4 is 16.6 Å². The molecule has 0 radical (unpaired) electrons. The van der Waals surface area contributed by atoms with Crippen molar-refractivity contribution in [2.45, 2.75) is 64.3 Å². The quantitative estimate of drug-likeness (QED) is 0.784. The van der Waals surface area contributed by atoms with Crippen LogP contribution in [-0.4, -0.2) is 24.7 Å². The summed E-state index contributed by atoms with van der Waals surface area (Å²) < 4.78 is 11.1. The lowest BCUT2D eigenvalue weighted by atomic mass is 9.86. The molecule has 3 rings (SSSR count). The van der Waals surface area contributed by atoms with E-state index in [1.807, 2.05) is 6.07 Å². The molecule has 4 heteroatoms. The smallest absolute Gasteiger partial charge is 0.134 e. The molecule has 2 N–H and O–H groups in total. The highest BCUT2D eigenvalue weighted by Gasteiger charge is 2.26. The number of H-pyrrole nitrogens is 1. The molecule has 0 unspecified atom stereocenters. The molecule has 132 valence electrons. The fraction of sp³-hybridized carbons (Fsp3) is 0.600. The van der Waals surface area contributed by atoms with Gasteiger partial charge in [-0.1, -0.05) is 19.3 Å². The van der Waals surface area contributed by atoms with Crippen molar-refractivity contribution in [2.75, 3.05) is 19.5 Å². The van der Waals surface area contributed by atoms with Crippen LogP contribution >= 0.6 is 0 Å². The first-order chi connectivity index (χ1) is 11.4. The molecule has 2 aromatic rings. The predicted octanol–water partition coefficient (Wildman–Crippen LogP) is 5.44. The Morgan fingerprint density at radius 1 is 1.04 bits per heavy atom. The molecule has 0 amide bonds. The number of methoxy groups -OCH3 is 2. The molecular formula is C20H30N2O2. The normalized spacial score (nSPS) is 16.4. The van der Waals surface area contributed by atoms with Crippen molar-refractivity contribution in [3.8, 4) is 11.5 Å². The highest BCUT2D eigenvalue weighted by atomic mass is 16.5. The lowest BCUT2D eigenvalue weighted by Crippen LogP contribution is -2.27. The van der Waals surface area contributed by atoms with Crippen molar-refractivity contribution < 1.29 is 9.47 Å². The third-order valence-electron chi connectivity index (χ3n) is 4.83. The minimum absolute atomic E-state index is 0.0104. The summed E-state index contributed by atoms with van der Waals surface area (Å²) in [4.78, 5) is 3.68. The van der Waals surface area contributed by atoms with Gasteiger partial charge in [0.05, 0.1) is 30.8 Å². The molecule has 24 heavy (non-hydrogen) atoms. The van der Waals surface area contributed by atoms with Gasteiger partial charge in [0.1, 0.15) is 11.5 Å². The predicted molar refractivity (Wildman–Crippen MR) is 101 cm³/mol. The molecule has 4 nitrogen and oxygen atoms in total. The van der Waals surface area contributed by atoms with Crippen LogP contribution < -0.4 is 14.8 Å². The van der Waals surface area contributed by atoms with Crippen LogP contribution in [0.25, 0.3) is 10.9 Å². The molecule has 1 aliphatic rings. The summed E-state index contributed by atoms with van der Waals surface area (Å²) in [6, 6.07) is 4.03. The number of hydrogen-bond donors (Lipinski definition) is 2. The lowest BCUT2D eigenvalue weighted by Gasteiger charge is -2.27. The molecular weight excluding hydrogens is 300 g/mol. The third-order valence-corrected chi connectivity index (χ3v) is 4.83.